The van der Waals surface area contributed by atoms with Gasteiger partial charge in [-0.05, 0) is 55.0 Å². The molecule has 28 heavy (non-hydrogen) atoms. The van der Waals surface area contributed by atoms with Crippen LogP contribution in [0.15, 0.2) is 67.0 Å². The molecule has 1 aromatic heterocycles. The first-order chi connectivity index (χ1) is 13.6. The molecule has 0 radical (unpaired) electrons. The molecule has 0 saturated carbocycles. The quantitative estimate of drug-likeness (QED) is 0.602. The highest BCUT2D eigenvalue weighted by molar-refractivity contribution is 6.01. The summed E-state index contributed by atoms with van der Waals surface area (Å²) in [7, 11) is 1.92. The number of amides is 1. The number of hydrogen-bond acceptors (Lipinski definition) is 4. The van der Waals surface area contributed by atoms with Crippen LogP contribution < -0.4 is 14.8 Å². The lowest BCUT2D eigenvalue weighted by atomic mass is 10.2. The summed E-state index contributed by atoms with van der Waals surface area (Å²) in [5.41, 5.74) is 1.63. The van der Waals surface area contributed by atoms with E-state index < -0.39 is 0 Å². The van der Waals surface area contributed by atoms with Crippen LogP contribution in [-0.4, -0.2) is 22.1 Å². The summed E-state index contributed by atoms with van der Waals surface area (Å²) in [4.78, 5) is 16.3. The number of nitrogens with one attached hydrogen (secondary N) is 1. The number of aryl methyl sites for hydroxylation is 1. The maximum Gasteiger partial charge on any atom is 0.248 e. The number of anilines is 1. The normalized spacial score (nSPS) is 10.8. The number of nitrogens with zero attached hydrogens (tertiary/aromatic N) is 2. The van der Waals surface area contributed by atoms with E-state index in [1.54, 1.807) is 24.4 Å². The molecule has 0 aliphatic rings. The molecule has 1 heterocycles. The first-order valence-electron chi connectivity index (χ1n) is 9.05. The summed E-state index contributed by atoms with van der Waals surface area (Å²) < 4.78 is 13.0. The number of ether oxygens (including phenoxy) is 2. The molecule has 0 bridgehead atoms. The third-order valence-electron chi connectivity index (χ3n) is 4.03. The van der Waals surface area contributed by atoms with Gasteiger partial charge in [-0.15, -0.1) is 0 Å². The molecule has 144 valence electrons. The lowest BCUT2D eigenvalue weighted by Gasteiger charge is -2.07. The Kier molecular flexibility index (Phi) is 6.46. The number of benzene rings is 2. The van der Waals surface area contributed by atoms with Crippen molar-refractivity contribution in [2.45, 2.75) is 13.5 Å². The van der Waals surface area contributed by atoms with E-state index in [9.17, 15) is 4.79 Å². The van der Waals surface area contributed by atoms with Crippen molar-refractivity contribution in [3.8, 4) is 11.5 Å². The SMILES string of the molecule is CCOc1ccc(C=CC(=O)Nc2ccc(OCc3nccn3C)cc2)cc1. The van der Waals surface area contributed by atoms with Gasteiger partial charge < -0.3 is 19.4 Å². The van der Waals surface area contributed by atoms with Crippen LogP contribution in [0.5, 0.6) is 11.5 Å². The second kappa shape index (κ2) is 9.41. The Balaban J connectivity index is 1.50. The van der Waals surface area contributed by atoms with E-state index >= 15 is 0 Å². The van der Waals surface area contributed by atoms with E-state index in [2.05, 4.69) is 10.3 Å². The summed E-state index contributed by atoms with van der Waals surface area (Å²) in [6, 6.07) is 14.8. The molecule has 1 N–H and O–H groups in total. The molecule has 0 aliphatic heterocycles. The van der Waals surface area contributed by atoms with Crippen molar-refractivity contribution in [1.82, 2.24) is 9.55 Å². The van der Waals surface area contributed by atoms with Crippen molar-refractivity contribution in [3.63, 3.8) is 0 Å². The minimum atomic E-state index is -0.199. The van der Waals surface area contributed by atoms with Crippen LogP contribution in [0.4, 0.5) is 5.69 Å². The van der Waals surface area contributed by atoms with Crippen LogP contribution in [0.2, 0.25) is 0 Å². The van der Waals surface area contributed by atoms with Gasteiger partial charge in [-0.3, -0.25) is 4.79 Å². The fourth-order valence-corrected chi connectivity index (χ4v) is 2.52. The highest BCUT2D eigenvalue weighted by atomic mass is 16.5. The van der Waals surface area contributed by atoms with Crippen LogP contribution in [0.3, 0.4) is 0 Å². The standard InChI is InChI=1S/C22H23N3O3/c1-3-27-19-9-4-17(5-10-19)6-13-22(26)24-18-7-11-20(12-8-18)28-16-21-23-14-15-25(21)2/h4-15H,3,16H2,1-2H3,(H,24,26). The van der Waals surface area contributed by atoms with Crippen molar-refractivity contribution < 1.29 is 14.3 Å². The van der Waals surface area contributed by atoms with Crippen LogP contribution in [0, 0.1) is 0 Å². The number of rotatable bonds is 8. The Hall–Kier alpha value is -3.54. The predicted octanol–water partition coefficient (Wildman–Crippen LogP) is 4.05. The topological polar surface area (TPSA) is 65.4 Å². The smallest absolute Gasteiger partial charge is 0.248 e. The van der Waals surface area contributed by atoms with E-state index in [4.69, 9.17) is 9.47 Å². The van der Waals surface area contributed by atoms with Gasteiger partial charge in [0.1, 0.15) is 23.9 Å². The van der Waals surface area contributed by atoms with E-state index in [1.165, 1.54) is 6.08 Å². The molecule has 0 spiro atoms. The Morgan fingerprint density at radius 1 is 1.07 bits per heavy atom. The highest BCUT2D eigenvalue weighted by Gasteiger charge is 2.02. The van der Waals surface area contributed by atoms with Crippen molar-refractivity contribution in [3.05, 3.63) is 78.4 Å². The minimum absolute atomic E-state index is 0.199. The minimum Gasteiger partial charge on any atom is -0.494 e. The molecule has 0 atom stereocenters. The highest BCUT2D eigenvalue weighted by Crippen LogP contribution is 2.17. The van der Waals surface area contributed by atoms with E-state index in [-0.39, 0.29) is 5.91 Å². The average Bonchev–Trinajstić information content (AvgIpc) is 3.12. The molecule has 0 aliphatic carbocycles. The van der Waals surface area contributed by atoms with Crippen molar-refractivity contribution in [1.29, 1.82) is 0 Å². The molecule has 3 aromatic rings. The third-order valence-corrected chi connectivity index (χ3v) is 4.03. The molecule has 0 fully saturated rings. The maximum absolute atomic E-state index is 12.1. The first-order valence-corrected chi connectivity index (χ1v) is 9.05. The van der Waals surface area contributed by atoms with Crippen molar-refractivity contribution >= 4 is 17.7 Å². The van der Waals surface area contributed by atoms with E-state index in [0.29, 0.717) is 24.7 Å². The number of aromatic nitrogens is 2. The zero-order chi connectivity index (χ0) is 19.8. The number of carbonyl (C=O) groups is 1. The van der Waals surface area contributed by atoms with Gasteiger partial charge in [0.05, 0.1) is 6.61 Å². The Labute approximate surface area is 164 Å². The summed E-state index contributed by atoms with van der Waals surface area (Å²) in [5.74, 6) is 2.17. The van der Waals surface area contributed by atoms with Gasteiger partial charge in [-0.2, -0.15) is 0 Å². The number of imidazole rings is 1. The zero-order valence-corrected chi connectivity index (χ0v) is 16.0. The molecule has 2 aromatic carbocycles. The largest absolute Gasteiger partial charge is 0.494 e. The lowest BCUT2D eigenvalue weighted by Crippen LogP contribution is -2.07. The van der Waals surface area contributed by atoms with Gasteiger partial charge in [-0.1, -0.05) is 12.1 Å². The number of carbonyl (C=O) groups excluding carboxylic acids is 1. The Morgan fingerprint density at radius 3 is 2.39 bits per heavy atom. The molecule has 6 heteroatoms. The second-order valence-electron chi connectivity index (χ2n) is 6.09. The lowest BCUT2D eigenvalue weighted by molar-refractivity contribution is -0.111. The number of hydrogen-bond donors (Lipinski definition) is 1. The molecular formula is C22H23N3O3. The van der Waals surface area contributed by atoms with Gasteiger partial charge >= 0.3 is 0 Å². The Bertz CT molecular complexity index is 928. The zero-order valence-electron chi connectivity index (χ0n) is 16.0. The average molecular weight is 377 g/mol. The molecule has 3 rings (SSSR count). The molecule has 0 saturated heterocycles. The van der Waals surface area contributed by atoms with Crippen LogP contribution >= 0.6 is 0 Å². The summed E-state index contributed by atoms with van der Waals surface area (Å²) in [6.45, 7) is 2.96. The van der Waals surface area contributed by atoms with Gasteiger partial charge in [0.2, 0.25) is 5.91 Å². The first kappa shape index (κ1) is 19.2. The van der Waals surface area contributed by atoms with E-state index in [0.717, 1.165) is 17.1 Å². The summed E-state index contributed by atoms with van der Waals surface area (Å²) >= 11 is 0. The van der Waals surface area contributed by atoms with Gasteiger partial charge in [0.25, 0.3) is 0 Å². The van der Waals surface area contributed by atoms with Crippen molar-refractivity contribution in [2.75, 3.05) is 11.9 Å². The fraction of sp³-hybridized carbons (Fsp3) is 0.182. The van der Waals surface area contributed by atoms with Crippen LogP contribution in [0.1, 0.15) is 18.3 Å². The predicted molar refractivity (Wildman–Crippen MR) is 109 cm³/mol. The van der Waals surface area contributed by atoms with Crippen LogP contribution in [0.25, 0.3) is 6.08 Å². The molecule has 6 nitrogen and oxygen atoms in total. The summed E-state index contributed by atoms with van der Waals surface area (Å²) in [6.07, 6.45) is 6.87. The molecule has 0 unspecified atom stereocenters. The fourth-order valence-electron chi connectivity index (χ4n) is 2.52. The molecule has 1 amide bonds. The monoisotopic (exact) mass is 377 g/mol. The van der Waals surface area contributed by atoms with Gasteiger partial charge in [0, 0.05) is 31.2 Å². The second-order valence-corrected chi connectivity index (χ2v) is 6.09. The summed E-state index contributed by atoms with van der Waals surface area (Å²) in [5, 5.41) is 2.83. The van der Waals surface area contributed by atoms with Crippen molar-refractivity contribution in [2.24, 2.45) is 7.05 Å². The molecular weight excluding hydrogens is 354 g/mol. The third kappa shape index (κ3) is 5.48. The maximum atomic E-state index is 12.1. The van der Waals surface area contributed by atoms with E-state index in [1.807, 2.05) is 61.1 Å². The van der Waals surface area contributed by atoms with Gasteiger partial charge in [0.15, 0.2) is 0 Å². The van der Waals surface area contributed by atoms with Gasteiger partial charge in [-0.25, -0.2) is 4.98 Å². The Morgan fingerprint density at radius 2 is 1.75 bits per heavy atom. The van der Waals surface area contributed by atoms with Crippen LogP contribution in [-0.2, 0) is 18.4 Å².